The minimum absolute atomic E-state index is 0.443. The lowest BCUT2D eigenvalue weighted by Gasteiger charge is -2.00. The Hall–Kier alpha value is -0.670. The van der Waals surface area contributed by atoms with Gasteiger partial charge in [0.2, 0.25) is 0 Å². The molecule has 1 rings (SSSR count). The molecular formula is C10H11BrFN. The van der Waals surface area contributed by atoms with Crippen molar-refractivity contribution in [1.82, 2.24) is 0 Å². The molecule has 0 atom stereocenters. The second-order valence-corrected chi connectivity index (χ2v) is 3.48. The molecule has 0 amide bonds. The number of rotatable bonds is 3. The Balaban J connectivity index is 2.89. The summed E-state index contributed by atoms with van der Waals surface area (Å²) in [5.74, 6) is 0. The van der Waals surface area contributed by atoms with Crippen molar-refractivity contribution in [2.45, 2.75) is 6.67 Å². The number of hydrogen-bond acceptors (Lipinski definition) is 1. The number of halogens is 2. The average Bonchev–Trinajstić information content (AvgIpc) is 2.15. The van der Waals surface area contributed by atoms with Gasteiger partial charge in [0.1, 0.15) is 6.67 Å². The van der Waals surface area contributed by atoms with Crippen LogP contribution in [-0.2, 0) is 6.67 Å². The maximum Gasteiger partial charge on any atom is 0.116 e. The maximum atomic E-state index is 12.3. The first-order valence-electron chi connectivity index (χ1n) is 3.99. The fourth-order valence-corrected chi connectivity index (χ4v) is 1.48. The van der Waals surface area contributed by atoms with Crippen LogP contribution in [0.15, 0.2) is 28.7 Å². The first-order valence-corrected chi connectivity index (χ1v) is 4.78. The van der Waals surface area contributed by atoms with Gasteiger partial charge in [0.05, 0.1) is 0 Å². The number of alkyl halides is 1. The summed E-state index contributed by atoms with van der Waals surface area (Å²) in [6.45, 7) is 0.0734. The molecule has 2 N–H and O–H groups in total. The third kappa shape index (κ3) is 2.94. The molecule has 1 aromatic carbocycles. The van der Waals surface area contributed by atoms with Crippen molar-refractivity contribution in [3.05, 3.63) is 39.9 Å². The van der Waals surface area contributed by atoms with Gasteiger partial charge in [-0.25, -0.2) is 4.39 Å². The van der Waals surface area contributed by atoms with Crippen LogP contribution in [0.5, 0.6) is 0 Å². The Kier molecular flexibility index (Phi) is 4.12. The van der Waals surface area contributed by atoms with Crippen LogP contribution in [0.3, 0.4) is 0 Å². The molecule has 0 spiro atoms. The fourth-order valence-electron chi connectivity index (χ4n) is 0.980. The molecule has 0 aliphatic carbocycles. The van der Waals surface area contributed by atoms with E-state index in [2.05, 4.69) is 15.9 Å². The van der Waals surface area contributed by atoms with Crippen LogP contribution in [-0.4, -0.2) is 6.54 Å². The normalized spacial score (nSPS) is 11.0. The van der Waals surface area contributed by atoms with E-state index in [1.54, 1.807) is 6.07 Å². The first-order chi connectivity index (χ1) is 6.27. The van der Waals surface area contributed by atoms with E-state index in [4.69, 9.17) is 5.73 Å². The van der Waals surface area contributed by atoms with E-state index >= 15 is 0 Å². The van der Waals surface area contributed by atoms with Crippen molar-refractivity contribution < 1.29 is 4.39 Å². The van der Waals surface area contributed by atoms with Crippen LogP contribution in [0, 0.1) is 0 Å². The number of benzene rings is 1. The highest BCUT2D eigenvalue weighted by Gasteiger charge is 1.98. The van der Waals surface area contributed by atoms with E-state index in [9.17, 15) is 4.39 Å². The zero-order chi connectivity index (χ0) is 9.68. The summed E-state index contributed by atoms with van der Waals surface area (Å²) in [5.41, 5.74) is 7.01. The second-order valence-electron chi connectivity index (χ2n) is 2.62. The lowest BCUT2D eigenvalue weighted by Crippen LogP contribution is -1.92. The molecule has 13 heavy (non-hydrogen) atoms. The zero-order valence-corrected chi connectivity index (χ0v) is 8.72. The summed E-state index contributed by atoms with van der Waals surface area (Å²) in [7, 11) is 0. The second kappa shape index (κ2) is 5.14. The van der Waals surface area contributed by atoms with Gasteiger partial charge in [-0.05, 0) is 17.2 Å². The predicted octanol–water partition coefficient (Wildman–Crippen LogP) is 2.89. The fraction of sp³-hybridized carbons (Fsp3) is 0.200. The summed E-state index contributed by atoms with van der Waals surface area (Å²) in [6, 6.07) is 5.51. The Morgan fingerprint density at radius 3 is 2.77 bits per heavy atom. The van der Waals surface area contributed by atoms with E-state index < -0.39 is 6.67 Å². The molecule has 0 heterocycles. The molecule has 0 fully saturated rings. The summed E-state index contributed by atoms with van der Waals surface area (Å²) in [6.07, 6.45) is 3.77. The molecule has 0 saturated heterocycles. The van der Waals surface area contributed by atoms with E-state index in [-0.39, 0.29) is 0 Å². The molecule has 0 aromatic heterocycles. The summed E-state index contributed by atoms with van der Waals surface area (Å²) in [4.78, 5) is 0. The standard InChI is InChI=1S/C10H11BrFN/c11-10-6-8(2-1-5-13)3-4-9(10)7-12/h1-4,6H,5,7,13H2/b2-1+. The van der Waals surface area contributed by atoms with Gasteiger partial charge in [0.25, 0.3) is 0 Å². The van der Waals surface area contributed by atoms with E-state index in [0.29, 0.717) is 12.1 Å². The molecule has 0 unspecified atom stereocenters. The lowest BCUT2D eigenvalue weighted by atomic mass is 10.1. The van der Waals surface area contributed by atoms with Gasteiger partial charge in [0.15, 0.2) is 0 Å². The van der Waals surface area contributed by atoms with E-state index in [1.807, 2.05) is 24.3 Å². The van der Waals surface area contributed by atoms with Gasteiger partial charge in [-0.2, -0.15) is 0 Å². The van der Waals surface area contributed by atoms with E-state index in [0.717, 1.165) is 10.0 Å². The Morgan fingerprint density at radius 1 is 1.46 bits per heavy atom. The summed E-state index contributed by atoms with van der Waals surface area (Å²) < 4.78 is 13.1. The molecule has 0 aliphatic heterocycles. The highest BCUT2D eigenvalue weighted by Crippen LogP contribution is 2.20. The minimum Gasteiger partial charge on any atom is -0.327 e. The SMILES string of the molecule is NC/C=C/c1ccc(CF)c(Br)c1. The predicted molar refractivity (Wildman–Crippen MR) is 57.0 cm³/mol. The van der Waals surface area contributed by atoms with Gasteiger partial charge >= 0.3 is 0 Å². The number of hydrogen-bond donors (Lipinski definition) is 1. The first kappa shape index (κ1) is 10.4. The van der Waals surface area contributed by atoms with Crippen molar-refractivity contribution >= 4 is 22.0 Å². The summed E-state index contributed by atoms with van der Waals surface area (Å²) >= 11 is 3.29. The van der Waals surface area contributed by atoms with Crippen LogP contribution in [0.4, 0.5) is 4.39 Å². The smallest absolute Gasteiger partial charge is 0.116 e. The average molecular weight is 244 g/mol. The van der Waals surface area contributed by atoms with Crippen molar-refractivity contribution in [1.29, 1.82) is 0 Å². The molecule has 1 nitrogen and oxygen atoms in total. The molecule has 0 saturated carbocycles. The lowest BCUT2D eigenvalue weighted by molar-refractivity contribution is 0.484. The topological polar surface area (TPSA) is 26.0 Å². The summed E-state index contributed by atoms with van der Waals surface area (Å²) in [5, 5.41) is 0. The Labute approximate surface area is 85.6 Å². The molecule has 0 aliphatic rings. The van der Waals surface area contributed by atoms with Gasteiger partial charge in [0, 0.05) is 11.0 Å². The molecule has 1 aromatic rings. The minimum atomic E-state index is -0.443. The van der Waals surface area contributed by atoms with Gasteiger partial charge in [-0.3, -0.25) is 0 Å². The molecule has 3 heteroatoms. The van der Waals surface area contributed by atoms with Crippen molar-refractivity contribution in [2.75, 3.05) is 6.54 Å². The van der Waals surface area contributed by atoms with Crippen LogP contribution in [0.1, 0.15) is 11.1 Å². The molecule has 0 radical (unpaired) electrons. The third-order valence-corrected chi connectivity index (χ3v) is 2.41. The van der Waals surface area contributed by atoms with Crippen LogP contribution < -0.4 is 5.73 Å². The number of nitrogens with two attached hydrogens (primary N) is 1. The van der Waals surface area contributed by atoms with Crippen LogP contribution in [0.2, 0.25) is 0 Å². The zero-order valence-electron chi connectivity index (χ0n) is 7.13. The van der Waals surface area contributed by atoms with Gasteiger partial charge < -0.3 is 5.73 Å². The van der Waals surface area contributed by atoms with Crippen molar-refractivity contribution in [2.24, 2.45) is 5.73 Å². The quantitative estimate of drug-likeness (QED) is 0.869. The molecular weight excluding hydrogens is 233 g/mol. The molecule has 0 bridgehead atoms. The van der Waals surface area contributed by atoms with E-state index in [1.165, 1.54) is 0 Å². The van der Waals surface area contributed by atoms with Crippen molar-refractivity contribution in [3.8, 4) is 0 Å². The highest BCUT2D eigenvalue weighted by molar-refractivity contribution is 9.10. The Bertz CT molecular complexity index is 310. The van der Waals surface area contributed by atoms with Gasteiger partial charge in [-0.1, -0.05) is 40.2 Å². The molecule has 70 valence electrons. The maximum absolute atomic E-state index is 12.3. The Morgan fingerprint density at radius 2 is 2.23 bits per heavy atom. The van der Waals surface area contributed by atoms with Gasteiger partial charge in [-0.15, -0.1) is 0 Å². The largest absolute Gasteiger partial charge is 0.327 e. The van der Waals surface area contributed by atoms with Crippen LogP contribution in [0.25, 0.3) is 6.08 Å². The monoisotopic (exact) mass is 243 g/mol. The third-order valence-electron chi connectivity index (χ3n) is 1.67. The van der Waals surface area contributed by atoms with Crippen LogP contribution >= 0.6 is 15.9 Å². The van der Waals surface area contributed by atoms with Crippen molar-refractivity contribution in [3.63, 3.8) is 0 Å². The highest BCUT2D eigenvalue weighted by atomic mass is 79.9.